The van der Waals surface area contributed by atoms with Crippen LogP contribution in [0.4, 0.5) is 10.3 Å². The molecule has 2 rings (SSSR count). The Kier molecular flexibility index (Phi) is 3.10. The van der Waals surface area contributed by atoms with E-state index in [0.29, 0.717) is 16.7 Å². The second kappa shape index (κ2) is 4.53. The number of anilines is 1. The molecule has 1 aromatic heterocycles. The van der Waals surface area contributed by atoms with Crippen molar-refractivity contribution in [3.05, 3.63) is 41.4 Å². The quantitative estimate of drug-likeness (QED) is 0.892. The number of nitrogens with one attached hydrogen (secondary N) is 1. The zero-order valence-corrected chi connectivity index (χ0v) is 9.50. The van der Waals surface area contributed by atoms with Gasteiger partial charge in [-0.2, -0.15) is 0 Å². The van der Waals surface area contributed by atoms with Crippen LogP contribution in [0.2, 0.25) is 5.02 Å². The van der Waals surface area contributed by atoms with Gasteiger partial charge in [0.1, 0.15) is 5.82 Å². The SMILES string of the molecule is CCNc1nccn1-c1ccc(Cl)cc1F. The van der Waals surface area contributed by atoms with E-state index in [0.717, 1.165) is 6.54 Å². The number of aromatic nitrogens is 2. The number of benzene rings is 1. The molecule has 0 saturated carbocycles. The van der Waals surface area contributed by atoms with Crippen LogP contribution in [-0.4, -0.2) is 16.1 Å². The van der Waals surface area contributed by atoms with Crippen molar-refractivity contribution in [1.82, 2.24) is 9.55 Å². The van der Waals surface area contributed by atoms with Gasteiger partial charge < -0.3 is 5.32 Å². The zero-order valence-electron chi connectivity index (χ0n) is 8.74. The van der Waals surface area contributed by atoms with Gasteiger partial charge >= 0.3 is 0 Å². The maximum Gasteiger partial charge on any atom is 0.207 e. The van der Waals surface area contributed by atoms with Crippen LogP contribution in [0.25, 0.3) is 5.69 Å². The van der Waals surface area contributed by atoms with Crippen LogP contribution in [-0.2, 0) is 0 Å². The molecule has 0 aliphatic heterocycles. The molecule has 0 unspecified atom stereocenters. The van der Waals surface area contributed by atoms with E-state index in [1.165, 1.54) is 6.07 Å². The molecule has 1 heterocycles. The summed E-state index contributed by atoms with van der Waals surface area (Å²) in [7, 11) is 0. The summed E-state index contributed by atoms with van der Waals surface area (Å²) in [4.78, 5) is 4.10. The molecule has 1 N–H and O–H groups in total. The molecule has 0 spiro atoms. The smallest absolute Gasteiger partial charge is 0.207 e. The molecule has 0 saturated heterocycles. The summed E-state index contributed by atoms with van der Waals surface area (Å²) in [5, 5.41) is 3.43. The van der Waals surface area contributed by atoms with Gasteiger partial charge in [-0.05, 0) is 25.1 Å². The first kappa shape index (κ1) is 11.0. The van der Waals surface area contributed by atoms with Crippen molar-refractivity contribution in [1.29, 1.82) is 0 Å². The van der Waals surface area contributed by atoms with Crippen molar-refractivity contribution >= 4 is 17.5 Å². The molecule has 0 aliphatic carbocycles. The average Bonchev–Trinajstić information content (AvgIpc) is 2.67. The molecule has 0 aliphatic rings. The van der Waals surface area contributed by atoms with Gasteiger partial charge in [-0.3, -0.25) is 4.57 Å². The normalized spacial score (nSPS) is 10.4. The van der Waals surface area contributed by atoms with Crippen LogP contribution in [0.3, 0.4) is 0 Å². The van der Waals surface area contributed by atoms with Gasteiger partial charge in [0, 0.05) is 24.0 Å². The maximum absolute atomic E-state index is 13.7. The minimum atomic E-state index is -0.371. The molecular formula is C11H11ClFN3. The molecule has 1 aromatic carbocycles. The lowest BCUT2D eigenvalue weighted by Gasteiger charge is -2.09. The molecular weight excluding hydrogens is 229 g/mol. The fraction of sp³-hybridized carbons (Fsp3) is 0.182. The third-order valence-electron chi connectivity index (χ3n) is 2.14. The molecule has 0 atom stereocenters. The number of nitrogens with zero attached hydrogens (tertiary/aromatic N) is 2. The fourth-order valence-corrected chi connectivity index (χ4v) is 1.62. The van der Waals surface area contributed by atoms with Gasteiger partial charge in [0.15, 0.2) is 0 Å². The Balaban J connectivity index is 2.46. The summed E-state index contributed by atoms with van der Waals surface area (Å²) in [6.07, 6.45) is 3.32. The second-order valence-corrected chi connectivity index (χ2v) is 3.68. The highest BCUT2D eigenvalue weighted by Gasteiger charge is 2.08. The highest BCUT2D eigenvalue weighted by atomic mass is 35.5. The van der Waals surface area contributed by atoms with Gasteiger partial charge in [0.25, 0.3) is 0 Å². The standard InChI is InChI=1S/C11H11ClFN3/c1-2-14-11-15-5-6-16(11)10-4-3-8(12)7-9(10)13/h3-7H,2H2,1H3,(H,14,15). The summed E-state index contributed by atoms with van der Waals surface area (Å²) in [6.45, 7) is 2.68. The lowest BCUT2D eigenvalue weighted by atomic mass is 10.3. The molecule has 0 fully saturated rings. The van der Waals surface area contributed by atoms with Crippen molar-refractivity contribution in [2.24, 2.45) is 0 Å². The summed E-state index contributed by atoms with van der Waals surface area (Å²) in [6, 6.07) is 4.56. The van der Waals surface area contributed by atoms with Crippen LogP contribution < -0.4 is 5.32 Å². The molecule has 84 valence electrons. The van der Waals surface area contributed by atoms with Crippen LogP contribution in [0, 0.1) is 5.82 Å². The maximum atomic E-state index is 13.7. The van der Waals surface area contributed by atoms with Crippen LogP contribution in [0.15, 0.2) is 30.6 Å². The van der Waals surface area contributed by atoms with E-state index >= 15 is 0 Å². The highest BCUT2D eigenvalue weighted by molar-refractivity contribution is 6.30. The number of imidazole rings is 1. The molecule has 5 heteroatoms. The zero-order chi connectivity index (χ0) is 11.5. The largest absolute Gasteiger partial charge is 0.356 e. The highest BCUT2D eigenvalue weighted by Crippen LogP contribution is 2.21. The fourth-order valence-electron chi connectivity index (χ4n) is 1.46. The summed E-state index contributed by atoms with van der Waals surface area (Å²) < 4.78 is 15.3. The van der Waals surface area contributed by atoms with Gasteiger partial charge in [0.2, 0.25) is 5.95 Å². The van der Waals surface area contributed by atoms with Gasteiger partial charge in [-0.25, -0.2) is 9.37 Å². The van der Waals surface area contributed by atoms with Crippen molar-refractivity contribution in [3.63, 3.8) is 0 Å². The summed E-state index contributed by atoms with van der Waals surface area (Å²) in [5.74, 6) is 0.244. The number of hydrogen-bond donors (Lipinski definition) is 1. The Morgan fingerprint density at radius 1 is 1.50 bits per heavy atom. The van der Waals surface area contributed by atoms with Gasteiger partial charge in [-0.15, -0.1) is 0 Å². The van der Waals surface area contributed by atoms with E-state index in [-0.39, 0.29) is 5.82 Å². The number of hydrogen-bond acceptors (Lipinski definition) is 2. The Hall–Kier alpha value is -1.55. The van der Waals surface area contributed by atoms with Gasteiger partial charge in [-0.1, -0.05) is 11.6 Å². The number of halogens is 2. The molecule has 3 nitrogen and oxygen atoms in total. The van der Waals surface area contributed by atoms with E-state index in [4.69, 9.17) is 11.6 Å². The second-order valence-electron chi connectivity index (χ2n) is 3.25. The first-order valence-electron chi connectivity index (χ1n) is 4.95. The van der Waals surface area contributed by atoms with E-state index in [1.807, 2.05) is 6.92 Å². The van der Waals surface area contributed by atoms with Crippen LogP contribution in [0.5, 0.6) is 0 Å². The minimum Gasteiger partial charge on any atom is -0.356 e. The lowest BCUT2D eigenvalue weighted by molar-refractivity contribution is 0.618. The third-order valence-corrected chi connectivity index (χ3v) is 2.38. The molecule has 0 bridgehead atoms. The number of rotatable bonds is 3. The minimum absolute atomic E-state index is 0.371. The summed E-state index contributed by atoms with van der Waals surface area (Å²) in [5.41, 5.74) is 0.429. The predicted octanol–water partition coefficient (Wildman–Crippen LogP) is 3.10. The van der Waals surface area contributed by atoms with Crippen LogP contribution in [0.1, 0.15) is 6.92 Å². The molecule has 16 heavy (non-hydrogen) atoms. The molecule has 0 amide bonds. The van der Waals surface area contributed by atoms with Crippen molar-refractivity contribution in [2.75, 3.05) is 11.9 Å². The topological polar surface area (TPSA) is 29.9 Å². The first-order chi connectivity index (χ1) is 7.72. The van der Waals surface area contributed by atoms with Gasteiger partial charge in [0.05, 0.1) is 5.69 Å². The Bertz CT molecular complexity index is 496. The van der Waals surface area contributed by atoms with E-state index < -0.39 is 0 Å². The van der Waals surface area contributed by atoms with E-state index in [1.54, 1.807) is 29.1 Å². The first-order valence-corrected chi connectivity index (χ1v) is 5.33. The summed E-state index contributed by atoms with van der Waals surface area (Å²) >= 11 is 5.70. The Labute approximate surface area is 97.9 Å². The van der Waals surface area contributed by atoms with E-state index in [2.05, 4.69) is 10.3 Å². The Morgan fingerprint density at radius 3 is 3.00 bits per heavy atom. The van der Waals surface area contributed by atoms with E-state index in [9.17, 15) is 4.39 Å². The average molecular weight is 240 g/mol. The predicted molar refractivity (Wildman–Crippen MR) is 62.7 cm³/mol. The molecule has 0 radical (unpaired) electrons. The van der Waals surface area contributed by atoms with Crippen molar-refractivity contribution in [2.45, 2.75) is 6.92 Å². The molecule has 2 aromatic rings. The monoisotopic (exact) mass is 239 g/mol. The third kappa shape index (κ3) is 2.02. The Morgan fingerprint density at radius 2 is 2.31 bits per heavy atom. The van der Waals surface area contributed by atoms with Crippen molar-refractivity contribution < 1.29 is 4.39 Å². The lowest BCUT2D eigenvalue weighted by Crippen LogP contribution is -2.06. The van der Waals surface area contributed by atoms with Crippen molar-refractivity contribution in [3.8, 4) is 5.69 Å². The van der Waals surface area contributed by atoms with Crippen LogP contribution >= 0.6 is 11.6 Å².